The summed E-state index contributed by atoms with van der Waals surface area (Å²) >= 11 is 5.73. The molecule has 0 radical (unpaired) electrons. The molecule has 3 N–H and O–H groups in total. The van der Waals surface area contributed by atoms with Gasteiger partial charge in [0.05, 0.1) is 17.0 Å². The number of likely N-dealkylation sites (N-methyl/N-ethyl adjacent to an activating group) is 1. The number of aromatic carboxylic acids is 1. The summed E-state index contributed by atoms with van der Waals surface area (Å²) in [7, 11) is -2.67. The minimum absolute atomic E-state index is 0.0201. The smallest absolute Gasteiger partial charge is 0.336 e. The van der Waals surface area contributed by atoms with Crippen LogP contribution in [0.1, 0.15) is 15.9 Å². The van der Waals surface area contributed by atoms with Crippen LogP contribution in [0.15, 0.2) is 17.0 Å². The van der Waals surface area contributed by atoms with Crippen LogP contribution >= 0.6 is 11.6 Å². The molecule has 7 nitrogen and oxygen atoms in total. The van der Waals surface area contributed by atoms with Gasteiger partial charge < -0.3 is 10.4 Å². The molecule has 0 aliphatic rings. The topological polar surface area (TPSA) is 113 Å². The molecule has 110 valence electrons. The Hall–Kier alpha value is -1.64. The Bertz CT molecular complexity index is 657. The lowest BCUT2D eigenvalue weighted by Gasteiger charge is -2.11. The molecule has 1 amide bonds. The summed E-state index contributed by atoms with van der Waals surface area (Å²) in [5.74, 6) is -1.81. The number of amides is 1. The Morgan fingerprint density at radius 3 is 2.45 bits per heavy atom. The van der Waals surface area contributed by atoms with Crippen molar-refractivity contribution in [1.82, 2.24) is 10.0 Å². The number of hydrogen-bond acceptors (Lipinski definition) is 4. The van der Waals surface area contributed by atoms with Gasteiger partial charge in [-0.05, 0) is 24.6 Å². The van der Waals surface area contributed by atoms with E-state index in [4.69, 9.17) is 16.7 Å². The van der Waals surface area contributed by atoms with Gasteiger partial charge in [-0.1, -0.05) is 11.6 Å². The molecule has 20 heavy (non-hydrogen) atoms. The summed E-state index contributed by atoms with van der Waals surface area (Å²) in [4.78, 5) is 21.8. The third kappa shape index (κ3) is 3.69. The Balaban J connectivity index is 3.25. The van der Waals surface area contributed by atoms with Gasteiger partial charge in [0.2, 0.25) is 15.9 Å². The monoisotopic (exact) mass is 320 g/mol. The minimum Gasteiger partial charge on any atom is -0.478 e. The maximum atomic E-state index is 12.1. The summed E-state index contributed by atoms with van der Waals surface area (Å²) in [6.45, 7) is 0.904. The SMILES string of the molecule is CNC(=O)CNS(=O)(=O)c1cc(Cl)cc(C(=O)O)c1C. The van der Waals surface area contributed by atoms with Crippen molar-refractivity contribution in [3.8, 4) is 0 Å². The van der Waals surface area contributed by atoms with Gasteiger partial charge in [0.25, 0.3) is 0 Å². The molecule has 0 unspecified atom stereocenters. The Morgan fingerprint density at radius 2 is 1.95 bits per heavy atom. The van der Waals surface area contributed by atoms with Crippen molar-refractivity contribution in [3.05, 3.63) is 28.3 Å². The predicted molar refractivity (Wildman–Crippen MR) is 72.4 cm³/mol. The van der Waals surface area contributed by atoms with E-state index < -0.39 is 28.4 Å². The molecule has 0 saturated heterocycles. The number of rotatable bonds is 5. The maximum absolute atomic E-state index is 12.1. The zero-order valence-corrected chi connectivity index (χ0v) is 12.3. The third-order valence-electron chi connectivity index (χ3n) is 2.55. The number of carbonyl (C=O) groups excluding carboxylic acids is 1. The van der Waals surface area contributed by atoms with E-state index in [1.807, 2.05) is 0 Å². The normalized spacial score (nSPS) is 11.2. The Labute approximate surface area is 121 Å². The van der Waals surface area contributed by atoms with Crippen molar-refractivity contribution in [1.29, 1.82) is 0 Å². The molecular formula is C11H13ClN2O5S. The number of sulfonamides is 1. The fourth-order valence-corrected chi connectivity index (χ4v) is 3.04. The van der Waals surface area contributed by atoms with Crippen LogP contribution in [0.5, 0.6) is 0 Å². The largest absolute Gasteiger partial charge is 0.478 e. The summed E-state index contributed by atoms with van der Waals surface area (Å²) in [6.07, 6.45) is 0. The molecule has 0 bridgehead atoms. The molecule has 1 rings (SSSR count). The molecule has 0 fully saturated rings. The zero-order valence-electron chi connectivity index (χ0n) is 10.7. The van der Waals surface area contributed by atoms with Gasteiger partial charge in [-0.2, -0.15) is 0 Å². The maximum Gasteiger partial charge on any atom is 0.336 e. The van der Waals surface area contributed by atoms with Crippen LogP contribution in [0.25, 0.3) is 0 Å². The van der Waals surface area contributed by atoms with Gasteiger partial charge in [0.15, 0.2) is 0 Å². The fourth-order valence-electron chi connectivity index (χ4n) is 1.48. The fraction of sp³-hybridized carbons (Fsp3) is 0.273. The van der Waals surface area contributed by atoms with Crippen LogP contribution < -0.4 is 10.0 Å². The van der Waals surface area contributed by atoms with E-state index in [0.29, 0.717) is 0 Å². The molecule has 0 saturated carbocycles. The van der Waals surface area contributed by atoms with Crippen LogP contribution in [-0.2, 0) is 14.8 Å². The standard InChI is InChI=1S/C11H13ClN2O5S/c1-6-8(11(16)17)3-7(12)4-9(6)20(18,19)14-5-10(15)13-2/h3-4,14H,5H2,1-2H3,(H,13,15)(H,16,17). The number of carboxylic acid groups (broad SMARTS) is 1. The van der Waals surface area contributed by atoms with Gasteiger partial charge >= 0.3 is 5.97 Å². The average molecular weight is 321 g/mol. The number of halogens is 1. The first-order valence-electron chi connectivity index (χ1n) is 5.42. The quantitative estimate of drug-likeness (QED) is 0.725. The van der Waals surface area contributed by atoms with Gasteiger partial charge in [0, 0.05) is 12.1 Å². The highest BCUT2D eigenvalue weighted by atomic mass is 35.5. The second kappa shape index (κ2) is 6.21. The van der Waals surface area contributed by atoms with E-state index in [0.717, 1.165) is 12.1 Å². The highest BCUT2D eigenvalue weighted by Crippen LogP contribution is 2.24. The van der Waals surface area contributed by atoms with Crippen LogP contribution in [0.2, 0.25) is 5.02 Å². The lowest BCUT2D eigenvalue weighted by atomic mass is 10.1. The summed E-state index contributed by atoms with van der Waals surface area (Å²) in [5, 5.41) is 11.2. The van der Waals surface area contributed by atoms with Gasteiger partial charge in [-0.15, -0.1) is 0 Å². The van der Waals surface area contributed by atoms with Crippen LogP contribution in [0, 0.1) is 6.92 Å². The van der Waals surface area contributed by atoms with E-state index in [-0.39, 0.29) is 21.0 Å². The van der Waals surface area contributed by atoms with E-state index in [1.165, 1.54) is 14.0 Å². The van der Waals surface area contributed by atoms with Gasteiger partial charge in [-0.25, -0.2) is 17.9 Å². The number of carbonyl (C=O) groups is 2. The summed E-state index contributed by atoms with van der Waals surface area (Å²) < 4.78 is 26.2. The molecule has 1 aromatic rings. The van der Waals surface area contributed by atoms with Crippen molar-refractivity contribution in [3.63, 3.8) is 0 Å². The van der Waals surface area contributed by atoms with E-state index in [1.54, 1.807) is 0 Å². The summed E-state index contributed by atoms with van der Waals surface area (Å²) in [6, 6.07) is 2.30. The first-order chi connectivity index (χ1) is 9.19. The number of hydrogen-bond donors (Lipinski definition) is 3. The highest BCUT2D eigenvalue weighted by Gasteiger charge is 2.22. The number of nitrogens with one attached hydrogen (secondary N) is 2. The molecule has 0 heterocycles. The molecule has 0 aliphatic heterocycles. The minimum atomic E-state index is -4.03. The molecular weight excluding hydrogens is 308 g/mol. The molecule has 9 heteroatoms. The molecule has 0 aromatic heterocycles. The average Bonchev–Trinajstić information content (AvgIpc) is 2.37. The number of benzene rings is 1. The number of carboxylic acids is 1. The van der Waals surface area contributed by atoms with Crippen LogP contribution in [0.3, 0.4) is 0 Å². The Kier molecular flexibility index (Phi) is 5.09. The first-order valence-corrected chi connectivity index (χ1v) is 7.29. The third-order valence-corrected chi connectivity index (χ3v) is 4.29. The van der Waals surface area contributed by atoms with E-state index >= 15 is 0 Å². The molecule has 0 atom stereocenters. The molecule has 0 aliphatic carbocycles. The molecule has 1 aromatic carbocycles. The summed E-state index contributed by atoms with van der Waals surface area (Å²) in [5.41, 5.74) is -0.163. The van der Waals surface area contributed by atoms with Crippen molar-refractivity contribution in [2.75, 3.05) is 13.6 Å². The van der Waals surface area contributed by atoms with Gasteiger partial charge in [-0.3, -0.25) is 4.79 Å². The van der Waals surface area contributed by atoms with Crippen molar-refractivity contribution in [2.24, 2.45) is 0 Å². The predicted octanol–water partition coefficient (Wildman–Crippen LogP) is 0.371. The van der Waals surface area contributed by atoms with Crippen LogP contribution in [0.4, 0.5) is 0 Å². The second-order valence-electron chi connectivity index (χ2n) is 3.88. The van der Waals surface area contributed by atoms with E-state index in [2.05, 4.69) is 10.0 Å². The lowest BCUT2D eigenvalue weighted by Crippen LogP contribution is -2.35. The van der Waals surface area contributed by atoms with Crippen molar-refractivity contribution in [2.45, 2.75) is 11.8 Å². The molecule has 0 spiro atoms. The van der Waals surface area contributed by atoms with Crippen LogP contribution in [-0.4, -0.2) is 39.0 Å². The van der Waals surface area contributed by atoms with E-state index in [9.17, 15) is 18.0 Å². The first kappa shape index (κ1) is 16.4. The Morgan fingerprint density at radius 1 is 1.35 bits per heavy atom. The zero-order chi connectivity index (χ0) is 15.5. The van der Waals surface area contributed by atoms with Crippen molar-refractivity contribution < 1.29 is 23.1 Å². The highest BCUT2D eigenvalue weighted by molar-refractivity contribution is 7.89. The van der Waals surface area contributed by atoms with Gasteiger partial charge in [0.1, 0.15) is 0 Å². The van der Waals surface area contributed by atoms with Crippen molar-refractivity contribution >= 4 is 33.5 Å². The lowest BCUT2D eigenvalue weighted by molar-refractivity contribution is -0.119. The second-order valence-corrected chi connectivity index (χ2v) is 6.05.